The summed E-state index contributed by atoms with van der Waals surface area (Å²) in [6.45, 7) is 2.08. The standard InChI is InChI=1S/C14H17F4NO/c15-12-4-3-11(13(6-12)14(16,17)18)8-19-7-10-2-1-5-20-9-10/h3-4,6,10,19H,1-2,5,7-9H2. The Kier molecular flexibility index (Phi) is 4.99. The Balaban J connectivity index is 1.95. The van der Waals surface area contributed by atoms with Gasteiger partial charge in [-0.1, -0.05) is 6.07 Å². The molecular formula is C14H17F4NO. The van der Waals surface area contributed by atoms with Crippen molar-refractivity contribution < 1.29 is 22.3 Å². The SMILES string of the molecule is Fc1ccc(CNCC2CCCOC2)c(C(F)(F)F)c1. The Morgan fingerprint density at radius 1 is 1.30 bits per heavy atom. The van der Waals surface area contributed by atoms with E-state index in [0.717, 1.165) is 25.5 Å². The summed E-state index contributed by atoms with van der Waals surface area (Å²) < 4.78 is 56.7. The van der Waals surface area contributed by atoms with E-state index in [1.807, 2.05) is 0 Å². The maximum Gasteiger partial charge on any atom is 0.416 e. The molecule has 2 rings (SSSR count). The van der Waals surface area contributed by atoms with E-state index < -0.39 is 17.6 Å². The second-order valence-corrected chi connectivity index (χ2v) is 5.01. The van der Waals surface area contributed by atoms with Gasteiger partial charge in [0.15, 0.2) is 0 Å². The average molecular weight is 291 g/mol. The van der Waals surface area contributed by atoms with Gasteiger partial charge in [-0.2, -0.15) is 13.2 Å². The molecule has 0 amide bonds. The molecule has 1 saturated heterocycles. The summed E-state index contributed by atoms with van der Waals surface area (Å²) in [6, 6.07) is 2.78. The van der Waals surface area contributed by atoms with Crippen LogP contribution in [0.5, 0.6) is 0 Å². The lowest BCUT2D eigenvalue weighted by Gasteiger charge is -2.22. The van der Waals surface area contributed by atoms with Crippen molar-refractivity contribution in [3.05, 3.63) is 35.1 Å². The average Bonchev–Trinajstić information content (AvgIpc) is 2.40. The van der Waals surface area contributed by atoms with Gasteiger partial charge in [-0.25, -0.2) is 4.39 Å². The van der Waals surface area contributed by atoms with Crippen LogP contribution in [0, 0.1) is 11.7 Å². The minimum atomic E-state index is -4.53. The van der Waals surface area contributed by atoms with Crippen molar-refractivity contribution in [3.63, 3.8) is 0 Å². The van der Waals surface area contributed by atoms with E-state index in [4.69, 9.17) is 4.74 Å². The van der Waals surface area contributed by atoms with Gasteiger partial charge in [-0.05, 0) is 36.5 Å². The second kappa shape index (κ2) is 6.54. The van der Waals surface area contributed by atoms with Crippen molar-refractivity contribution in [1.82, 2.24) is 5.32 Å². The molecule has 20 heavy (non-hydrogen) atoms. The van der Waals surface area contributed by atoms with Crippen LogP contribution >= 0.6 is 0 Å². The highest BCUT2D eigenvalue weighted by molar-refractivity contribution is 5.30. The van der Waals surface area contributed by atoms with E-state index in [-0.39, 0.29) is 12.1 Å². The molecule has 0 spiro atoms. The van der Waals surface area contributed by atoms with Crippen molar-refractivity contribution >= 4 is 0 Å². The molecule has 0 aliphatic carbocycles. The fourth-order valence-electron chi connectivity index (χ4n) is 2.35. The molecule has 2 nitrogen and oxygen atoms in total. The van der Waals surface area contributed by atoms with E-state index in [9.17, 15) is 17.6 Å². The highest BCUT2D eigenvalue weighted by Gasteiger charge is 2.33. The van der Waals surface area contributed by atoms with Crippen molar-refractivity contribution in [2.24, 2.45) is 5.92 Å². The maximum atomic E-state index is 13.0. The zero-order valence-electron chi connectivity index (χ0n) is 11.0. The van der Waals surface area contributed by atoms with E-state index in [1.165, 1.54) is 6.07 Å². The van der Waals surface area contributed by atoms with Gasteiger partial charge in [0.25, 0.3) is 0 Å². The molecule has 0 saturated carbocycles. The number of nitrogens with one attached hydrogen (secondary N) is 1. The van der Waals surface area contributed by atoms with Crippen LogP contribution in [0.15, 0.2) is 18.2 Å². The summed E-state index contributed by atoms with van der Waals surface area (Å²) in [5.74, 6) is -0.541. The van der Waals surface area contributed by atoms with Crippen LogP contribution in [0.4, 0.5) is 17.6 Å². The number of hydrogen-bond donors (Lipinski definition) is 1. The summed E-state index contributed by atoms with van der Waals surface area (Å²) in [6.07, 6.45) is -2.54. The van der Waals surface area contributed by atoms with Crippen LogP contribution in [-0.2, 0) is 17.5 Å². The van der Waals surface area contributed by atoms with Crippen LogP contribution in [0.25, 0.3) is 0 Å². The van der Waals surface area contributed by atoms with Crippen LogP contribution in [-0.4, -0.2) is 19.8 Å². The number of rotatable bonds is 4. The Morgan fingerprint density at radius 3 is 2.75 bits per heavy atom. The molecule has 1 N–H and O–H groups in total. The molecule has 112 valence electrons. The predicted octanol–water partition coefficient (Wildman–Crippen LogP) is 3.36. The molecule has 0 radical (unpaired) electrons. The van der Waals surface area contributed by atoms with Gasteiger partial charge in [0.05, 0.1) is 12.2 Å². The molecule has 1 heterocycles. The van der Waals surface area contributed by atoms with Crippen LogP contribution < -0.4 is 5.32 Å². The van der Waals surface area contributed by atoms with Gasteiger partial charge in [-0.3, -0.25) is 0 Å². The number of alkyl halides is 3. The van der Waals surface area contributed by atoms with Gasteiger partial charge in [0, 0.05) is 19.7 Å². The van der Waals surface area contributed by atoms with Crippen LogP contribution in [0.2, 0.25) is 0 Å². The summed E-state index contributed by atoms with van der Waals surface area (Å²) in [4.78, 5) is 0. The summed E-state index contributed by atoms with van der Waals surface area (Å²) in [5, 5.41) is 3.00. The second-order valence-electron chi connectivity index (χ2n) is 5.01. The highest BCUT2D eigenvalue weighted by atomic mass is 19.4. The molecule has 0 bridgehead atoms. The van der Waals surface area contributed by atoms with E-state index in [0.29, 0.717) is 25.1 Å². The molecule has 1 unspecified atom stereocenters. The van der Waals surface area contributed by atoms with Gasteiger partial charge in [-0.15, -0.1) is 0 Å². The van der Waals surface area contributed by atoms with Crippen molar-refractivity contribution in [1.29, 1.82) is 0 Å². The third-order valence-corrected chi connectivity index (χ3v) is 3.38. The summed E-state index contributed by atoms with van der Waals surface area (Å²) in [5.41, 5.74) is -0.847. The number of halogens is 4. The molecule has 1 aromatic carbocycles. The maximum absolute atomic E-state index is 13.0. The highest BCUT2D eigenvalue weighted by Crippen LogP contribution is 2.32. The minimum Gasteiger partial charge on any atom is -0.381 e. The van der Waals surface area contributed by atoms with Gasteiger partial charge >= 0.3 is 6.18 Å². The van der Waals surface area contributed by atoms with Gasteiger partial charge in [0.2, 0.25) is 0 Å². The lowest BCUT2D eigenvalue weighted by atomic mass is 10.0. The third kappa shape index (κ3) is 4.18. The lowest BCUT2D eigenvalue weighted by molar-refractivity contribution is -0.138. The first-order valence-corrected chi connectivity index (χ1v) is 6.61. The molecule has 1 aliphatic rings. The quantitative estimate of drug-likeness (QED) is 0.859. The van der Waals surface area contributed by atoms with E-state index in [1.54, 1.807) is 0 Å². The number of hydrogen-bond acceptors (Lipinski definition) is 2. The van der Waals surface area contributed by atoms with Crippen molar-refractivity contribution in [3.8, 4) is 0 Å². The largest absolute Gasteiger partial charge is 0.416 e. The Morgan fingerprint density at radius 2 is 2.10 bits per heavy atom. The molecule has 1 aromatic rings. The van der Waals surface area contributed by atoms with Crippen LogP contribution in [0.1, 0.15) is 24.0 Å². The first-order valence-electron chi connectivity index (χ1n) is 6.61. The smallest absolute Gasteiger partial charge is 0.381 e. The lowest BCUT2D eigenvalue weighted by Crippen LogP contribution is -2.29. The molecule has 0 aromatic heterocycles. The summed E-state index contributed by atoms with van der Waals surface area (Å²) in [7, 11) is 0. The normalized spacial score (nSPS) is 20.1. The van der Waals surface area contributed by atoms with Crippen molar-refractivity contribution in [2.75, 3.05) is 19.8 Å². The fourth-order valence-corrected chi connectivity index (χ4v) is 2.35. The van der Waals surface area contributed by atoms with Gasteiger partial charge in [0.1, 0.15) is 5.82 Å². The monoisotopic (exact) mass is 291 g/mol. The zero-order valence-corrected chi connectivity index (χ0v) is 11.0. The topological polar surface area (TPSA) is 21.3 Å². The third-order valence-electron chi connectivity index (χ3n) is 3.38. The molecular weight excluding hydrogens is 274 g/mol. The molecule has 1 fully saturated rings. The Bertz CT molecular complexity index is 441. The Labute approximate surface area is 115 Å². The molecule has 1 aliphatic heterocycles. The number of ether oxygens (including phenoxy) is 1. The minimum absolute atomic E-state index is 0.0654. The Hall–Kier alpha value is -1.14. The van der Waals surface area contributed by atoms with Gasteiger partial charge < -0.3 is 10.1 Å². The van der Waals surface area contributed by atoms with Crippen LogP contribution in [0.3, 0.4) is 0 Å². The number of benzene rings is 1. The van der Waals surface area contributed by atoms with Crippen molar-refractivity contribution in [2.45, 2.75) is 25.6 Å². The first-order chi connectivity index (χ1) is 9.47. The zero-order chi connectivity index (χ0) is 14.6. The molecule has 6 heteroatoms. The first kappa shape index (κ1) is 15.3. The molecule has 1 atom stereocenters. The van der Waals surface area contributed by atoms with E-state index in [2.05, 4.69) is 5.32 Å². The summed E-state index contributed by atoms with van der Waals surface area (Å²) >= 11 is 0. The predicted molar refractivity (Wildman–Crippen MR) is 66.7 cm³/mol. The fraction of sp³-hybridized carbons (Fsp3) is 0.571. The van der Waals surface area contributed by atoms with E-state index >= 15 is 0 Å².